The maximum absolute atomic E-state index is 13.1. The molecule has 1 heterocycles. The summed E-state index contributed by atoms with van der Waals surface area (Å²) in [6.45, 7) is 7.96. The highest BCUT2D eigenvalue weighted by atomic mass is 19.4. The maximum atomic E-state index is 13.1. The summed E-state index contributed by atoms with van der Waals surface area (Å²) in [6, 6.07) is 3.51. The number of halogens is 3. The average Bonchev–Trinajstić information content (AvgIpc) is 2.62. The molecule has 1 aliphatic rings. The van der Waals surface area contributed by atoms with Crippen LogP contribution in [0.3, 0.4) is 0 Å². The Hall–Kier alpha value is -1.80. The molecular weight excluding hydrogens is 359 g/mol. The second-order valence-corrected chi connectivity index (χ2v) is 6.65. The molecule has 1 aliphatic heterocycles. The van der Waals surface area contributed by atoms with Gasteiger partial charge in [0.1, 0.15) is 0 Å². The summed E-state index contributed by atoms with van der Waals surface area (Å²) in [6.07, 6.45) is -2.63. The van der Waals surface area contributed by atoms with Crippen LogP contribution in [0.1, 0.15) is 32.3 Å². The van der Waals surface area contributed by atoms with Gasteiger partial charge in [0.05, 0.1) is 36.7 Å². The van der Waals surface area contributed by atoms with Gasteiger partial charge in [0.15, 0.2) is 0 Å². The fourth-order valence-electron chi connectivity index (χ4n) is 3.19. The number of anilines is 2. The van der Waals surface area contributed by atoms with Crippen molar-refractivity contribution in [2.24, 2.45) is 0 Å². The van der Waals surface area contributed by atoms with Crippen LogP contribution in [0.5, 0.6) is 0 Å². The van der Waals surface area contributed by atoms with Gasteiger partial charge < -0.3 is 15.0 Å². The standard InChI is InChI=1S/C19H28F3N3O2/c1-3-7-24(8-4-2)14-18(26)23-16-13-15(19(20,21)22)5-6-17(16)25-9-11-27-12-10-25/h5-6,13H,3-4,7-12,14H2,1-2H3,(H,23,26). The number of hydrogen-bond donors (Lipinski definition) is 1. The fourth-order valence-corrected chi connectivity index (χ4v) is 3.19. The second-order valence-electron chi connectivity index (χ2n) is 6.65. The van der Waals surface area contributed by atoms with Crippen molar-refractivity contribution in [2.75, 3.05) is 56.2 Å². The van der Waals surface area contributed by atoms with Gasteiger partial charge in [0, 0.05) is 13.1 Å². The van der Waals surface area contributed by atoms with Crippen LogP contribution in [0.15, 0.2) is 18.2 Å². The molecule has 1 N–H and O–H groups in total. The van der Waals surface area contributed by atoms with Crippen molar-refractivity contribution in [3.05, 3.63) is 23.8 Å². The molecule has 0 aromatic heterocycles. The SMILES string of the molecule is CCCN(CCC)CC(=O)Nc1cc(C(F)(F)F)ccc1N1CCOCC1. The summed E-state index contributed by atoms with van der Waals surface area (Å²) in [4.78, 5) is 16.4. The van der Waals surface area contributed by atoms with Gasteiger partial charge in [-0.25, -0.2) is 0 Å². The molecule has 0 atom stereocenters. The average molecular weight is 387 g/mol. The zero-order valence-electron chi connectivity index (χ0n) is 15.9. The molecule has 27 heavy (non-hydrogen) atoms. The van der Waals surface area contributed by atoms with E-state index in [0.717, 1.165) is 38.1 Å². The molecule has 0 aliphatic carbocycles. The predicted octanol–water partition coefficient (Wildman–Crippen LogP) is 3.60. The maximum Gasteiger partial charge on any atom is 0.416 e. The van der Waals surface area contributed by atoms with Crippen LogP contribution in [0.25, 0.3) is 0 Å². The minimum absolute atomic E-state index is 0.167. The molecule has 152 valence electrons. The predicted molar refractivity (Wildman–Crippen MR) is 100 cm³/mol. The van der Waals surface area contributed by atoms with Crippen molar-refractivity contribution < 1.29 is 22.7 Å². The number of ether oxygens (including phenoxy) is 1. The van der Waals surface area contributed by atoms with Crippen LogP contribution in [0, 0.1) is 0 Å². The molecule has 8 heteroatoms. The summed E-state index contributed by atoms with van der Waals surface area (Å²) in [5, 5.41) is 2.70. The summed E-state index contributed by atoms with van der Waals surface area (Å²) < 4.78 is 44.7. The molecule has 5 nitrogen and oxygen atoms in total. The fraction of sp³-hybridized carbons (Fsp3) is 0.632. The van der Waals surface area contributed by atoms with Crippen molar-refractivity contribution in [1.29, 1.82) is 0 Å². The number of carbonyl (C=O) groups excluding carboxylic acids is 1. The Labute approximate surface area is 158 Å². The molecule has 1 aromatic rings. The van der Waals surface area contributed by atoms with E-state index in [1.165, 1.54) is 6.07 Å². The lowest BCUT2D eigenvalue weighted by Crippen LogP contribution is -2.38. The molecule has 0 spiro atoms. The lowest BCUT2D eigenvalue weighted by Gasteiger charge is -2.31. The summed E-state index contributed by atoms with van der Waals surface area (Å²) in [5.74, 6) is -0.300. The largest absolute Gasteiger partial charge is 0.416 e. The third-order valence-electron chi connectivity index (χ3n) is 4.40. The van der Waals surface area contributed by atoms with Crippen LogP contribution >= 0.6 is 0 Å². The number of hydrogen-bond acceptors (Lipinski definition) is 4. The minimum Gasteiger partial charge on any atom is -0.378 e. The highest BCUT2D eigenvalue weighted by Gasteiger charge is 2.32. The zero-order chi connectivity index (χ0) is 19.9. The third-order valence-corrected chi connectivity index (χ3v) is 4.40. The van der Waals surface area contributed by atoms with Crippen LogP contribution in [-0.4, -0.2) is 56.7 Å². The first-order chi connectivity index (χ1) is 12.8. The van der Waals surface area contributed by atoms with Crippen molar-refractivity contribution in [1.82, 2.24) is 4.90 Å². The summed E-state index contributed by atoms with van der Waals surface area (Å²) in [5.41, 5.74) is 0.0237. The zero-order valence-corrected chi connectivity index (χ0v) is 15.9. The van der Waals surface area contributed by atoms with Crippen molar-refractivity contribution >= 4 is 17.3 Å². The van der Waals surface area contributed by atoms with Gasteiger partial charge in [0.2, 0.25) is 5.91 Å². The number of nitrogens with zero attached hydrogens (tertiary/aromatic N) is 2. The van der Waals surface area contributed by atoms with Gasteiger partial charge in [-0.3, -0.25) is 9.69 Å². The molecule has 0 bridgehead atoms. The third kappa shape index (κ3) is 6.39. The van der Waals surface area contributed by atoms with Gasteiger partial charge in [-0.05, 0) is 44.1 Å². The monoisotopic (exact) mass is 387 g/mol. The lowest BCUT2D eigenvalue weighted by atomic mass is 10.1. The van der Waals surface area contributed by atoms with Gasteiger partial charge >= 0.3 is 6.18 Å². The molecule has 1 amide bonds. The number of alkyl halides is 3. The van der Waals surface area contributed by atoms with E-state index in [2.05, 4.69) is 5.32 Å². The number of benzene rings is 1. The van der Waals surface area contributed by atoms with E-state index in [1.54, 1.807) is 0 Å². The first-order valence-corrected chi connectivity index (χ1v) is 9.41. The Morgan fingerprint density at radius 1 is 1.19 bits per heavy atom. The number of carbonyl (C=O) groups is 1. The number of rotatable bonds is 8. The van der Waals surface area contributed by atoms with Gasteiger partial charge in [-0.2, -0.15) is 13.2 Å². The van der Waals surface area contributed by atoms with Crippen molar-refractivity contribution in [3.8, 4) is 0 Å². The van der Waals surface area contributed by atoms with E-state index in [0.29, 0.717) is 32.0 Å². The van der Waals surface area contributed by atoms with Gasteiger partial charge in [-0.1, -0.05) is 13.8 Å². The molecule has 1 fully saturated rings. The highest BCUT2D eigenvalue weighted by Crippen LogP contribution is 2.35. The summed E-state index contributed by atoms with van der Waals surface area (Å²) >= 11 is 0. The Kier molecular flexibility index (Phi) is 7.91. The van der Waals surface area contributed by atoms with Crippen LogP contribution in [-0.2, 0) is 15.7 Å². The first kappa shape index (κ1) is 21.5. The molecule has 2 rings (SSSR count). The molecule has 1 saturated heterocycles. The van der Waals surface area contributed by atoms with Crippen LogP contribution in [0.4, 0.5) is 24.5 Å². The normalized spacial score (nSPS) is 15.3. The van der Waals surface area contributed by atoms with Gasteiger partial charge in [-0.15, -0.1) is 0 Å². The molecule has 0 radical (unpaired) electrons. The minimum atomic E-state index is -4.46. The van der Waals surface area contributed by atoms with Crippen LogP contribution in [0.2, 0.25) is 0 Å². The highest BCUT2D eigenvalue weighted by molar-refractivity contribution is 5.95. The topological polar surface area (TPSA) is 44.8 Å². The molecule has 0 unspecified atom stereocenters. The number of nitrogens with one attached hydrogen (secondary N) is 1. The second kappa shape index (κ2) is 9.94. The van der Waals surface area contributed by atoms with E-state index in [-0.39, 0.29) is 18.1 Å². The molecule has 1 aromatic carbocycles. The van der Waals surface area contributed by atoms with Crippen molar-refractivity contribution in [3.63, 3.8) is 0 Å². The first-order valence-electron chi connectivity index (χ1n) is 9.41. The summed E-state index contributed by atoms with van der Waals surface area (Å²) in [7, 11) is 0. The lowest BCUT2D eigenvalue weighted by molar-refractivity contribution is -0.137. The number of morpholine rings is 1. The smallest absolute Gasteiger partial charge is 0.378 e. The number of amides is 1. The Morgan fingerprint density at radius 3 is 2.37 bits per heavy atom. The van der Waals surface area contributed by atoms with E-state index in [4.69, 9.17) is 4.74 Å². The van der Waals surface area contributed by atoms with E-state index < -0.39 is 11.7 Å². The quantitative estimate of drug-likeness (QED) is 0.740. The Bertz CT molecular complexity index is 611. The van der Waals surface area contributed by atoms with E-state index >= 15 is 0 Å². The van der Waals surface area contributed by atoms with E-state index in [9.17, 15) is 18.0 Å². The molecule has 0 saturated carbocycles. The van der Waals surface area contributed by atoms with Crippen LogP contribution < -0.4 is 10.2 Å². The molecular formula is C19H28F3N3O2. The van der Waals surface area contributed by atoms with Crippen molar-refractivity contribution in [2.45, 2.75) is 32.9 Å². The Balaban J connectivity index is 2.21. The van der Waals surface area contributed by atoms with E-state index in [1.807, 2.05) is 23.6 Å². The Morgan fingerprint density at radius 2 is 1.81 bits per heavy atom. The van der Waals surface area contributed by atoms with Gasteiger partial charge in [0.25, 0.3) is 0 Å².